The third-order valence-corrected chi connectivity index (χ3v) is 9.46. The molecule has 2 aliphatic rings. The molecule has 0 atom stereocenters. The summed E-state index contributed by atoms with van der Waals surface area (Å²) in [6, 6.07) is 46.0. The molecule has 0 bridgehead atoms. The first-order chi connectivity index (χ1) is 21.0. The lowest BCUT2D eigenvalue weighted by atomic mass is 9.76. The monoisotopic (exact) mass is 551 g/mol. The smallest absolute Gasteiger partial charge is 0.0715 e. The van der Waals surface area contributed by atoms with Crippen molar-refractivity contribution < 1.29 is 0 Å². The van der Waals surface area contributed by atoms with E-state index in [0.717, 1.165) is 23.4 Å². The van der Waals surface area contributed by atoms with Gasteiger partial charge in [-0.25, -0.2) is 4.98 Å². The van der Waals surface area contributed by atoms with E-state index < -0.39 is 0 Å². The van der Waals surface area contributed by atoms with E-state index in [9.17, 15) is 0 Å². The summed E-state index contributed by atoms with van der Waals surface area (Å²) < 4.78 is 0. The molecule has 0 saturated carbocycles. The van der Waals surface area contributed by atoms with Crippen molar-refractivity contribution >= 4 is 33.6 Å². The molecule has 1 nitrogen and oxygen atoms in total. The number of allylic oxidation sites excluding steroid dienone is 3. The minimum atomic E-state index is -0.130. The molecule has 0 aliphatic heterocycles. The zero-order chi connectivity index (χ0) is 29.1. The number of rotatable bonds is 3. The van der Waals surface area contributed by atoms with Crippen molar-refractivity contribution in [1.82, 2.24) is 4.98 Å². The SMILES string of the molecule is Cc1c(-c2ccccc2)cc(-c2ccccc2)nc1C1=Cc2ccccc2C2=C(C1)c1ccc3ccccc3c1C2(C)C. The van der Waals surface area contributed by atoms with Gasteiger partial charge in [0.05, 0.1) is 11.4 Å². The molecule has 8 rings (SSSR count). The van der Waals surface area contributed by atoms with E-state index in [2.05, 4.69) is 154 Å². The Hall–Kier alpha value is -5.01. The van der Waals surface area contributed by atoms with Crippen LogP contribution in [0.25, 0.3) is 56.0 Å². The van der Waals surface area contributed by atoms with Crippen LogP contribution < -0.4 is 0 Å². The fourth-order valence-corrected chi connectivity index (χ4v) is 7.54. The van der Waals surface area contributed by atoms with Gasteiger partial charge in [-0.15, -0.1) is 0 Å². The molecule has 0 saturated heterocycles. The van der Waals surface area contributed by atoms with Crippen LogP contribution in [0.15, 0.2) is 127 Å². The minimum absolute atomic E-state index is 0.130. The third-order valence-electron chi connectivity index (χ3n) is 9.46. The molecular weight excluding hydrogens is 518 g/mol. The number of fused-ring (bicyclic) bond motifs is 6. The molecule has 0 spiro atoms. The molecule has 43 heavy (non-hydrogen) atoms. The number of hydrogen-bond acceptors (Lipinski definition) is 1. The maximum Gasteiger partial charge on any atom is 0.0715 e. The summed E-state index contributed by atoms with van der Waals surface area (Å²) in [5, 5.41) is 2.66. The lowest BCUT2D eigenvalue weighted by Crippen LogP contribution is -2.17. The highest BCUT2D eigenvalue weighted by molar-refractivity contribution is 6.12. The van der Waals surface area contributed by atoms with Gasteiger partial charge >= 0.3 is 0 Å². The van der Waals surface area contributed by atoms with E-state index in [-0.39, 0.29) is 5.41 Å². The van der Waals surface area contributed by atoms with Crippen molar-refractivity contribution in [3.63, 3.8) is 0 Å². The number of benzene rings is 5. The largest absolute Gasteiger partial charge is 0.248 e. The Kier molecular flexibility index (Phi) is 5.84. The van der Waals surface area contributed by atoms with E-state index in [1.54, 1.807) is 0 Å². The van der Waals surface area contributed by atoms with Gasteiger partial charge in [0.15, 0.2) is 0 Å². The summed E-state index contributed by atoms with van der Waals surface area (Å²) in [6.07, 6.45) is 3.24. The predicted molar refractivity (Wildman–Crippen MR) is 183 cm³/mol. The van der Waals surface area contributed by atoms with Crippen LogP contribution in [0.5, 0.6) is 0 Å². The molecular formula is C42H33N. The van der Waals surface area contributed by atoms with Gasteiger partial charge in [-0.05, 0) is 85.5 Å². The number of hydrogen-bond donors (Lipinski definition) is 0. The van der Waals surface area contributed by atoms with E-state index in [1.165, 1.54) is 66.4 Å². The molecule has 1 heterocycles. The summed E-state index contributed by atoms with van der Waals surface area (Å²) in [7, 11) is 0. The molecule has 2 aliphatic carbocycles. The molecule has 0 unspecified atom stereocenters. The highest BCUT2D eigenvalue weighted by Gasteiger charge is 2.41. The first-order valence-electron chi connectivity index (χ1n) is 15.2. The Bertz CT molecular complexity index is 2110. The summed E-state index contributed by atoms with van der Waals surface area (Å²) in [5.74, 6) is 0. The van der Waals surface area contributed by atoms with E-state index >= 15 is 0 Å². The van der Waals surface area contributed by atoms with Crippen molar-refractivity contribution in [3.8, 4) is 22.4 Å². The van der Waals surface area contributed by atoms with Gasteiger partial charge in [0.25, 0.3) is 0 Å². The molecule has 0 fully saturated rings. The van der Waals surface area contributed by atoms with Crippen molar-refractivity contribution in [3.05, 3.63) is 161 Å². The molecule has 6 aromatic rings. The van der Waals surface area contributed by atoms with Crippen LogP contribution in [0.4, 0.5) is 0 Å². The van der Waals surface area contributed by atoms with Gasteiger partial charge in [-0.3, -0.25) is 0 Å². The zero-order valence-corrected chi connectivity index (χ0v) is 24.9. The van der Waals surface area contributed by atoms with Gasteiger partial charge in [0, 0.05) is 17.4 Å². The molecule has 1 aromatic heterocycles. The Morgan fingerprint density at radius 3 is 2.09 bits per heavy atom. The second-order valence-corrected chi connectivity index (χ2v) is 12.4. The quantitative estimate of drug-likeness (QED) is 0.213. The van der Waals surface area contributed by atoms with Crippen LogP contribution in [0.1, 0.15) is 53.8 Å². The topological polar surface area (TPSA) is 12.9 Å². The average molecular weight is 552 g/mol. The summed E-state index contributed by atoms with van der Waals surface area (Å²) >= 11 is 0. The van der Waals surface area contributed by atoms with Crippen LogP contribution in [-0.2, 0) is 5.41 Å². The average Bonchev–Trinajstić information content (AvgIpc) is 3.15. The number of aromatic nitrogens is 1. The highest BCUT2D eigenvalue weighted by Crippen LogP contribution is 2.57. The fraction of sp³-hybridized carbons (Fsp3) is 0.119. The molecule has 0 radical (unpaired) electrons. The van der Waals surface area contributed by atoms with Crippen molar-refractivity contribution in [2.45, 2.75) is 32.6 Å². The Morgan fingerprint density at radius 2 is 1.30 bits per heavy atom. The lowest BCUT2D eigenvalue weighted by molar-refractivity contribution is 0.710. The maximum absolute atomic E-state index is 5.43. The van der Waals surface area contributed by atoms with Crippen molar-refractivity contribution in [1.29, 1.82) is 0 Å². The fourth-order valence-electron chi connectivity index (χ4n) is 7.54. The van der Waals surface area contributed by atoms with Crippen molar-refractivity contribution in [2.75, 3.05) is 0 Å². The van der Waals surface area contributed by atoms with E-state index in [0.29, 0.717) is 0 Å². The van der Waals surface area contributed by atoms with Crippen molar-refractivity contribution in [2.24, 2.45) is 0 Å². The minimum Gasteiger partial charge on any atom is -0.248 e. The van der Waals surface area contributed by atoms with Gasteiger partial charge in [-0.1, -0.05) is 135 Å². The summed E-state index contributed by atoms with van der Waals surface area (Å²) in [5.41, 5.74) is 16.3. The Labute approximate surface area is 253 Å². The predicted octanol–water partition coefficient (Wildman–Crippen LogP) is 11.0. The van der Waals surface area contributed by atoms with Crippen LogP contribution in [-0.4, -0.2) is 4.98 Å². The molecule has 0 amide bonds. The third kappa shape index (κ3) is 4.03. The lowest BCUT2D eigenvalue weighted by Gasteiger charge is -2.27. The summed E-state index contributed by atoms with van der Waals surface area (Å²) in [4.78, 5) is 5.43. The first-order valence-corrected chi connectivity index (χ1v) is 15.2. The van der Waals surface area contributed by atoms with Gasteiger partial charge < -0.3 is 0 Å². The second kappa shape index (κ2) is 9.78. The van der Waals surface area contributed by atoms with Gasteiger partial charge in [0.2, 0.25) is 0 Å². The van der Waals surface area contributed by atoms with Crippen LogP contribution in [0, 0.1) is 6.92 Å². The van der Waals surface area contributed by atoms with E-state index in [1.807, 2.05) is 0 Å². The highest BCUT2D eigenvalue weighted by atomic mass is 14.7. The number of pyridine rings is 1. The number of nitrogens with zero attached hydrogens (tertiary/aromatic N) is 1. The molecule has 5 aromatic carbocycles. The molecule has 1 heteroatoms. The zero-order valence-electron chi connectivity index (χ0n) is 24.9. The standard InChI is InChI=1S/C42H33N/c1-27-36(28-14-6-4-7-15-28)26-38(30-17-8-5-9-18-30)43-41(27)32-24-31-19-11-13-21-34(31)40-37(25-32)35-23-22-29-16-10-12-20-33(29)39(35)42(40,2)3/h4-24,26H,25H2,1-3H3. The maximum atomic E-state index is 5.43. The first kappa shape index (κ1) is 25.7. The van der Waals surface area contributed by atoms with Crippen LogP contribution in [0.3, 0.4) is 0 Å². The second-order valence-electron chi connectivity index (χ2n) is 12.4. The Balaban J connectivity index is 1.40. The normalized spacial score (nSPS) is 15.0. The van der Waals surface area contributed by atoms with E-state index in [4.69, 9.17) is 4.98 Å². The van der Waals surface area contributed by atoms with Crippen LogP contribution in [0.2, 0.25) is 0 Å². The van der Waals surface area contributed by atoms with Gasteiger partial charge in [0.1, 0.15) is 0 Å². The molecule has 206 valence electrons. The Morgan fingerprint density at radius 1 is 0.628 bits per heavy atom. The van der Waals surface area contributed by atoms with Gasteiger partial charge in [-0.2, -0.15) is 0 Å². The molecule has 0 N–H and O–H groups in total. The van der Waals surface area contributed by atoms with Crippen LogP contribution >= 0.6 is 0 Å². The summed E-state index contributed by atoms with van der Waals surface area (Å²) in [6.45, 7) is 7.07.